The summed E-state index contributed by atoms with van der Waals surface area (Å²) in [6, 6.07) is 0. The molecular formula is C16H16O7. The van der Waals surface area contributed by atoms with Crippen LogP contribution in [-0.4, -0.2) is 47.4 Å². The first-order valence-corrected chi connectivity index (χ1v) is 8.02. The lowest BCUT2D eigenvalue weighted by Gasteiger charge is -2.27. The molecule has 0 aromatic carbocycles. The summed E-state index contributed by atoms with van der Waals surface area (Å²) in [6.45, 7) is 0. The molecule has 0 radical (unpaired) electrons. The van der Waals surface area contributed by atoms with Crippen LogP contribution in [0.15, 0.2) is 12.2 Å². The minimum atomic E-state index is -0.958. The third-order valence-corrected chi connectivity index (χ3v) is 6.05. The summed E-state index contributed by atoms with van der Waals surface area (Å²) in [5, 5.41) is 9.42. The van der Waals surface area contributed by atoms with Crippen molar-refractivity contribution in [3.8, 4) is 0 Å². The van der Waals surface area contributed by atoms with Crippen molar-refractivity contribution in [1.82, 2.24) is 0 Å². The highest BCUT2D eigenvalue weighted by Crippen LogP contribution is 2.51. The Morgan fingerprint density at radius 2 is 1.87 bits per heavy atom. The smallest absolute Gasteiger partial charge is 0.312 e. The van der Waals surface area contributed by atoms with Crippen molar-refractivity contribution >= 4 is 17.9 Å². The predicted molar refractivity (Wildman–Crippen MR) is 71.9 cm³/mol. The summed E-state index contributed by atoms with van der Waals surface area (Å²) < 4.78 is 16.6. The Hall–Kier alpha value is -1.89. The summed E-state index contributed by atoms with van der Waals surface area (Å²) in [4.78, 5) is 35.8. The van der Waals surface area contributed by atoms with Crippen molar-refractivity contribution < 1.29 is 33.7 Å². The zero-order valence-electron chi connectivity index (χ0n) is 12.2. The standard InChI is InChI=1S/C16H16O7/c17-14(18)9-5-1-2-6(3-5)10(9)16(20)22-12-8-4-7-11(21-8)13(12)23-15(7)19/h1-2,5-13H,3-4H2,(H,17,18). The van der Waals surface area contributed by atoms with Gasteiger partial charge >= 0.3 is 17.9 Å². The molecule has 0 amide bonds. The molecule has 4 fully saturated rings. The molecule has 3 heterocycles. The quantitative estimate of drug-likeness (QED) is 0.583. The van der Waals surface area contributed by atoms with Crippen LogP contribution in [0.3, 0.4) is 0 Å². The van der Waals surface area contributed by atoms with Gasteiger partial charge in [-0.3, -0.25) is 14.4 Å². The molecule has 0 aromatic heterocycles. The minimum Gasteiger partial charge on any atom is -0.481 e. The van der Waals surface area contributed by atoms with Crippen molar-refractivity contribution in [1.29, 1.82) is 0 Å². The maximum Gasteiger partial charge on any atom is 0.312 e. The van der Waals surface area contributed by atoms with E-state index in [2.05, 4.69) is 0 Å². The van der Waals surface area contributed by atoms with Crippen molar-refractivity contribution in [3.05, 3.63) is 12.2 Å². The minimum absolute atomic E-state index is 0.0769. The van der Waals surface area contributed by atoms with E-state index in [-0.39, 0.29) is 35.9 Å². The predicted octanol–water partition coefficient (Wildman–Crippen LogP) is 0.134. The number of esters is 2. The summed E-state index contributed by atoms with van der Waals surface area (Å²) in [5.74, 6) is -3.54. The van der Waals surface area contributed by atoms with Crippen molar-refractivity contribution in [2.75, 3.05) is 0 Å². The first kappa shape index (κ1) is 13.5. The second-order valence-corrected chi connectivity index (χ2v) is 7.12. The topological polar surface area (TPSA) is 99.1 Å². The van der Waals surface area contributed by atoms with Crippen molar-refractivity contribution in [3.63, 3.8) is 0 Å². The van der Waals surface area contributed by atoms with Gasteiger partial charge in [-0.1, -0.05) is 12.2 Å². The van der Waals surface area contributed by atoms with Gasteiger partial charge in [0.05, 0.1) is 23.9 Å². The van der Waals surface area contributed by atoms with Crippen LogP contribution < -0.4 is 0 Å². The Labute approximate surface area is 131 Å². The average Bonchev–Trinajstić information content (AvgIpc) is 3.27. The van der Waals surface area contributed by atoms with E-state index in [0.717, 1.165) is 0 Å². The number of allylic oxidation sites excluding steroid dienone is 2. The molecule has 3 aliphatic heterocycles. The molecule has 1 N–H and O–H groups in total. The lowest BCUT2D eigenvalue weighted by atomic mass is 9.83. The van der Waals surface area contributed by atoms with Crippen LogP contribution in [0.1, 0.15) is 12.8 Å². The molecule has 2 aliphatic carbocycles. The summed E-state index contributed by atoms with van der Waals surface area (Å²) in [6.07, 6.45) is 3.22. The molecule has 122 valence electrons. The number of aliphatic carboxylic acids is 1. The molecule has 4 bridgehead atoms. The fraction of sp³-hybridized carbons (Fsp3) is 0.688. The van der Waals surface area contributed by atoms with E-state index < -0.39 is 36.0 Å². The normalized spacial score (nSPS) is 51.3. The molecule has 1 saturated carbocycles. The molecule has 3 saturated heterocycles. The molecule has 9 unspecified atom stereocenters. The molecular weight excluding hydrogens is 304 g/mol. The molecule has 5 rings (SSSR count). The van der Waals surface area contributed by atoms with Gasteiger partial charge in [0.15, 0.2) is 12.2 Å². The number of carboxylic acid groups (broad SMARTS) is 1. The molecule has 7 heteroatoms. The number of fused-ring (bicyclic) bond motifs is 3. The largest absolute Gasteiger partial charge is 0.481 e. The van der Waals surface area contributed by atoms with Gasteiger partial charge in [-0.15, -0.1) is 0 Å². The Morgan fingerprint density at radius 1 is 1.13 bits per heavy atom. The molecule has 23 heavy (non-hydrogen) atoms. The van der Waals surface area contributed by atoms with E-state index >= 15 is 0 Å². The van der Waals surface area contributed by atoms with Crippen LogP contribution in [0.2, 0.25) is 0 Å². The highest BCUT2D eigenvalue weighted by molar-refractivity contribution is 5.84. The van der Waals surface area contributed by atoms with Crippen LogP contribution >= 0.6 is 0 Å². The number of ether oxygens (including phenoxy) is 3. The van der Waals surface area contributed by atoms with Gasteiger partial charge in [0, 0.05) is 0 Å². The van der Waals surface area contributed by atoms with Crippen LogP contribution in [0.5, 0.6) is 0 Å². The van der Waals surface area contributed by atoms with Gasteiger partial charge in [0.2, 0.25) is 0 Å². The van der Waals surface area contributed by atoms with Crippen LogP contribution in [-0.2, 0) is 28.6 Å². The third-order valence-electron chi connectivity index (χ3n) is 6.05. The number of rotatable bonds is 3. The van der Waals surface area contributed by atoms with Crippen LogP contribution in [0.4, 0.5) is 0 Å². The lowest BCUT2D eigenvalue weighted by molar-refractivity contribution is -0.169. The van der Waals surface area contributed by atoms with E-state index in [1.807, 2.05) is 12.2 Å². The van der Waals surface area contributed by atoms with Gasteiger partial charge in [-0.2, -0.15) is 0 Å². The number of carbonyl (C=O) groups is 3. The van der Waals surface area contributed by atoms with Gasteiger partial charge in [-0.05, 0) is 24.7 Å². The fourth-order valence-electron chi connectivity index (χ4n) is 5.07. The molecule has 7 nitrogen and oxygen atoms in total. The molecule has 0 spiro atoms. The lowest BCUT2D eigenvalue weighted by Crippen LogP contribution is -2.43. The Morgan fingerprint density at radius 3 is 2.61 bits per heavy atom. The van der Waals surface area contributed by atoms with Crippen molar-refractivity contribution in [2.24, 2.45) is 29.6 Å². The summed E-state index contributed by atoms with van der Waals surface area (Å²) in [5.41, 5.74) is 0. The number of hydrogen-bond donors (Lipinski definition) is 1. The van der Waals surface area contributed by atoms with E-state index in [0.29, 0.717) is 12.8 Å². The first-order valence-electron chi connectivity index (χ1n) is 8.02. The Bertz CT molecular complexity index is 640. The summed E-state index contributed by atoms with van der Waals surface area (Å²) >= 11 is 0. The number of carboxylic acids is 1. The third kappa shape index (κ3) is 1.66. The second-order valence-electron chi connectivity index (χ2n) is 7.12. The maximum absolute atomic E-state index is 12.6. The molecule has 5 aliphatic rings. The van der Waals surface area contributed by atoms with E-state index in [4.69, 9.17) is 14.2 Å². The van der Waals surface area contributed by atoms with Crippen LogP contribution in [0.25, 0.3) is 0 Å². The van der Waals surface area contributed by atoms with Gasteiger partial charge in [-0.25, -0.2) is 0 Å². The van der Waals surface area contributed by atoms with E-state index in [9.17, 15) is 19.5 Å². The average molecular weight is 320 g/mol. The number of carbonyl (C=O) groups excluding carboxylic acids is 2. The Balaban J connectivity index is 1.36. The zero-order chi connectivity index (χ0) is 15.9. The Kier molecular flexibility index (Phi) is 2.56. The maximum atomic E-state index is 12.6. The highest BCUT2D eigenvalue weighted by Gasteiger charge is 2.65. The SMILES string of the molecule is O=C1OC2C(OC(=O)C3C4C=CC(C4)C3C(=O)O)C3CC1C2O3. The summed E-state index contributed by atoms with van der Waals surface area (Å²) in [7, 11) is 0. The number of hydrogen-bond acceptors (Lipinski definition) is 6. The van der Waals surface area contributed by atoms with Gasteiger partial charge in [0.1, 0.15) is 6.10 Å². The monoisotopic (exact) mass is 320 g/mol. The molecule has 9 atom stereocenters. The van der Waals surface area contributed by atoms with Crippen molar-refractivity contribution in [2.45, 2.75) is 37.3 Å². The van der Waals surface area contributed by atoms with Crippen LogP contribution in [0, 0.1) is 29.6 Å². The molecule has 0 aromatic rings. The van der Waals surface area contributed by atoms with E-state index in [1.165, 1.54) is 0 Å². The van der Waals surface area contributed by atoms with Gasteiger partial charge in [0.25, 0.3) is 0 Å². The fourth-order valence-corrected chi connectivity index (χ4v) is 5.07. The van der Waals surface area contributed by atoms with E-state index in [1.54, 1.807) is 0 Å². The second kappa shape index (κ2) is 4.35. The van der Waals surface area contributed by atoms with Gasteiger partial charge < -0.3 is 19.3 Å². The zero-order valence-corrected chi connectivity index (χ0v) is 12.2. The highest BCUT2D eigenvalue weighted by atomic mass is 16.7. The first-order chi connectivity index (χ1) is 11.0.